The highest BCUT2D eigenvalue weighted by molar-refractivity contribution is 6.06. The van der Waals surface area contributed by atoms with E-state index in [2.05, 4.69) is 29.6 Å². The number of hydrogen-bond acceptors (Lipinski definition) is 5. The molecule has 0 unspecified atom stereocenters. The SMILES string of the molecule is COc1cccc([C@@H]2C3=C(C[C@@H](c4ccc(C)cc4)CC3=O)Nc3ccccc3N2C(=O)CCC(=O)O)c1. The monoisotopic (exact) mass is 510 g/mol. The molecule has 3 aromatic carbocycles. The summed E-state index contributed by atoms with van der Waals surface area (Å²) in [5, 5.41) is 12.8. The number of ketones is 1. The molecule has 194 valence electrons. The minimum atomic E-state index is -1.05. The van der Waals surface area contributed by atoms with Crippen molar-refractivity contribution in [3.8, 4) is 5.75 Å². The number of aliphatic carboxylic acids is 1. The van der Waals surface area contributed by atoms with Crippen LogP contribution in [0, 0.1) is 6.92 Å². The summed E-state index contributed by atoms with van der Waals surface area (Å²) in [6, 6.07) is 22.3. The Labute approximate surface area is 221 Å². The normalized spacial score (nSPS) is 18.7. The van der Waals surface area contributed by atoms with Crippen molar-refractivity contribution in [3.63, 3.8) is 0 Å². The average Bonchev–Trinajstić information content (AvgIpc) is 3.07. The van der Waals surface area contributed by atoms with E-state index in [1.54, 1.807) is 12.0 Å². The fraction of sp³-hybridized carbons (Fsp3) is 0.258. The zero-order valence-corrected chi connectivity index (χ0v) is 21.4. The van der Waals surface area contributed by atoms with Gasteiger partial charge in [-0.05, 0) is 54.7 Å². The van der Waals surface area contributed by atoms with Crippen molar-refractivity contribution in [2.24, 2.45) is 0 Å². The van der Waals surface area contributed by atoms with Crippen molar-refractivity contribution in [3.05, 3.63) is 101 Å². The Morgan fingerprint density at radius 3 is 2.47 bits per heavy atom. The number of carboxylic acid groups (broad SMARTS) is 1. The van der Waals surface area contributed by atoms with Gasteiger partial charge in [0.15, 0.2) is 5.78 Å². The lowest BCUT2D eigenvalue weighted by Crippen LogP contribution is -2.38. The lowest BCUT2D eigenvalue weighted by molar-refractivity contribution is -0.138. The van der Waals surface area contributed by atoms with Crippen molar-refractivity contribution < 1.29 is 24.2 Å². The van der Waals surface area contributed by atoms with Crippen LogP contribution in [0.4, 0.5) is 11.4 Å². The predicted octanol–water partition coefficient (Wildman–Crippen LogP) is 5.77. The van der Waals surface area contributed by atoms with Crippen molar-refractivity contribution >= 4 is 29.0 Å². The Kier molecular flexibility index (Phi) is 7.01. The van der Waals surface area contributed by atoms with E-state index in [0.717, 1.165) is 22.4 Å². The number of anilines is 2. The summed E-state index contributed by atoms with van der Waals surface area (Å²) in [7, 11) is 1.57. The Hall–Kier alpha value is -4.39. The number of amides is 1. The highest BCUT2D eigenvalue weighted by atomic mass is 16.5. The minimum Gasteiger partial charge on any atom is -0.497 e. The van der Waals surface area contributed by atoms with E-state index in [1.807, 2.05) is 55.5 Å². The third kappa shape index (κ3) is 4.92. The maximum absolute atomic E-state index is 14.0. The first-order chi connectivity index (χ1) is 18.4. The van der Waals surface area contributed by atoms with Gasteiger partial charge < -0.3 is 15.2 Å². The van der Waals surface area contributed by atoms with Gasteiger partial charge in [0, 0.05) is 24.1 Å². The zero-order chi connectivity index (χ0) is 26.8. The summed E-state index contributed by atoms with van der Waals surface area (Å²) >= 11 is 0. The molecule has 0 spiro atoms. The number of carboxylic acids is 1. The molecule has 0 radical (unpaired) electrons. The molecule has 7 nitrogen and oxygen atoms in total. The second-order valence-corrected chi connectivity index (χ2v) is 9.81. The molecule has 0 saturated heterocycles. The predicted molar refractivity (Wildman–Crippen MR) is 145 cm³/mol. The van der Waals surface area contributed by atoms with Gasteiger partial charge in [0.25, 0.3) is 0 Å². The van der Waals surface area contributed by atoms with Crippen LogP contribution in [-0.4, -0.2) is 29.9 Å². The van der Waals surface area contributed by atoms with Crippen LogP contribution in [0.15, 0.2) is 84.1 Å². The topological polar surface area (TPSA) is 95.9 Å². The fourth-order valence-electron chi connectivity index (χ4n) is 5.40. The van der Waals surface area contributed by atoms with Crippen LogP contribution < -0.4 is 15.0 Å². The third-order valence-electron chi connectivity index (χ3n) is 7.27. The fourth-order valence-corrected chi connectivity index (χ4v) is 5.40. The van der Waals surface area contributed by atoms with Crippen molar-refractivity contribution in [1.29, 1.82) is 0 Å². The molecule has 0 fully saturated rings. The van der Waals surface area contributed by atoms with Crippen LogP contribution in [0.25, 0.3) is 0 Å². The molecule has 5 rings (SSSR count). The molecular weight excluding hydrogens is 480 g/mol. The van der Waals surface area contributed by atoms with Crippen molar-refractivity contribution in [2.45, 2.75) is 44.6 Å². The largest absolute Gasteiger partial charge is 0.497 e. The van der Waals surface area contributed by atoms with Gasteiger partial charge in [-0.2, -0.15) is 0 Å². The number of allylic oxidation sites excluding steroid dienone is 1. The standard InChI is InChI=1S/C31H30N2O5/c1-19-10-12-20(13-11-19)22-17-25-30(27(34)18-22)31(21-6-5-7-23(16-21)38-2)33(28(35)14-15-29(36)37)26-9-4-3-8-24(26)32-25/h3-13,16,22,31-32H,14-15,17-18H2,1-2H3,(H,36,37)/t22-,31-/m1/s1. The Bertz CT molecular complexity index is 1430. The molecule has 0 aromatic heterocycles. The number of fused-ring (bicyclic) bond motifs is 1. The number of ether oxygens (including phenoxy) is 1. The maximum Gasteiger partial charge on any atom is 0.303 e. The summed E-state index contributed by atoms with van der Waals surface area (Å²) < 4.78 is 5.47. The van der Waals surface area contributed by atoms with E-state index in [4.69, 9.17) is 4.74 Å². The van der Waals surface area contributed by atoms with E-state index in [0.29, 0.717) is 35.5 Å². The Morgan fingerprint density at radius 2 is 1.74 bits per heavy atom. The molecular formula is C31H30N2O5. The van der Waals surface area contributed by atoms with Crippen molar-refractivity contribution in [1.82, 2.24) is 0 Å². The highest BCUT2D eigenvalue weighted by Crippen LogP contribution is 2.48. The summed E-state index contributed by atoms with van der Waals surface area (Å²) in [4.78, 5) is 40.7. The number of nitrogens with zero attached hydrogens (tertiary/aromatic N) is 1. The second-order valence-electron chi connectivity index (χ2n) is 9.81. The highest BCUT2D eigenvalue weighted by Gasteiger charge is 2.41. The van der Waals surface area contributed by atoms with E-state index in [9.17, 15) is 19.5 Å². The molecule has 2 N–H and O–H groups in total. The van der Waals surface area contributed by atoms with Crippen LogP contribution >= 0.6 is 0 Å². The van der Waals surface area contributed by atoms with Crippen LogP contribution in [0.5, 0.6) is 5.75 Å². The van der Waals surface area contributed by atoms with Crippen LogP contribution in [0.1, 0.15) is 54.3 Å². The van der Waals surface area contributed by atoms with Gasteiger partial charge in [-0.1, -0.05) is 54.1 Å². The summed E-state index contributed by atoms with van der Waals surface area (Å²) in [6.07, 6.45) is 0.436. The van der Waals surface area contributed by atoms with E-state index < -0.39 is 12.0 Å². The number of methoxy groups -OCH3 is 1. The first kappa shape index (κ1) is 25.3. The number of benzene rings is 3. The lowest BCUT2D eigenvalue weighted by Gasteiger charge is -2.35. The summed E-state index contributed by atoms with van der Waals surface area (Å²) in [5.41, 5.74) is 5.59. The average molecular weight is 511 g/mol. The zero-order valence-electron chi connectivity index (χ0n) is 21.4. The molecule has 2 aliphatic rings. The first-order valence-electron chi connectivity index (χ1n) is 12.7. The smallest absolute Gasteiger partial charge is 0.303 e. The van der Waals surface area contributed by atoms with Gasteiger partial charge >= 0.3 is 5.97 Å². The number of rotatable bonds is 6. The molecule has 1 aliphatic heterocycles. The molecule has 2 atom stereocenters. The van der Waals surface area contributed by atoms with Crippen LogP contribution in [0.2, 0.25) is 0 Å². The van der Waals surface area contributed by atoms with Crippen molar-refractivity contribution in [2.75, 3.05) is 17.3 Å². The molecule has 1 aliphatic carbocycles. The number of Topliss-reactive ketones (excluding diaryl/α,β-unsaturated/α-hetero) is 1. The van der Waals surface area contributed by atoms with Gasteiger partial charge in [0.2, 0.25) is 5.91 Å². The molecule has 0 saturated carbocycles. The number of aryl methyl sites for hydroxylation is 1. The summed E-state index contributed by atoms with van der Waals surface area (Å²) in [6.45, 7) is 2.04. The molecule has 38 heavy (non-hydrogen) atoms. The number of carbonyl (C=O) groups excluding carboxylic acids is 2. The summed E-state index contributed by atoms with van der Waals surface area (Å²) in [5.74, 6) is -0.847. The molecule has 0 bridgehead atoms. The Balaban J connectivity index is 1.68. The maximum atomic E-state index is 14.0. The second kappa shape index (κ2) is 10.5. The molecule has 1 amide bonds. The molecule has 1 heterocycles. The van der Waals surface area contributed by atoms with E-state index in [-0.39, 0.29) is 30.4 Å². The quantitative estimate of drug-likeness (QED) is 0.437. The van der Waals surface area contributed by atoms with Gasteiger partial charge in [0.05, 0.1) is 30.9 Å². The molecule has 7 heteroatoms. The van der Waals surface area contributed by atoms with Gasteiger partial charge in [-0.25, -0.2) is 0 Å². The number of nitrogens with one attached hydrogen (secondary N) is 1. The minimum absolute atomic E-state index is 0.00161. The first-order valence-corrected chi connectivity index (χ1v) is 12.7. The number of para-hydroxylation sites is 2. The van der Waals surface area contributed by atoms with Gasteiger partial charge in [-0.3, -0.25) is 19.3 Å². The van der Waals surface area contributed by atoms with Crippen LogP contribution in [0.3, 0.4) is 0 Å². The number of hydrogen-bond donors (Lipinski definition) is 2. The molecule has 3 aromatic rings. The number of carbonyl (C=O) groups is 3. The van der Waals surface area contributed by atoms with E-state index >= 15 is 0 Å². The van der Waals surface area contributed by atoms with Gasteiger partial charge in [0.1, 0.15) is 5.75 Å². The third-order valence-corrected chi connectivity index (χ3v) is 7.27. The van der Waals surface area contributed by atoms with E-state index in [1.165, 1.54) is 0 Å². The van der Waals surface area contributed by atoms with Crippen LogP contribution in [-0.2, 0) is 14.4 Å². The van der Waals surface area contributed by atoms with Gasteiger partial charge in [-0.15, -0.1) is 0 Å². The lowest BCUT2D eigenvalue weighted by atomic mass is 9.78. The Morgan fingerprint density at radius 1 is 0.974 bits per heavy atom.